The zero-order chi connectivity index (χ0) is 13.1. The van der Waals surface area contributed by atoms with Crippen LogP contribution in [0.2, 0.25) is 10.2 Å². The summed E-state index contributed by atoms with van der Waals surface area (Å²) in [5.41, 5.74) is 2.51. The van der Waals surface area contributed by atoms with Crippen LogP contribution in [0.5, 0.6) is 0 Å². The van der Waals surface area contributed by atoms with Crippen molar-refractivity contribution in [3.05, 3.63) is 57.6 Å². The molecule has 0 bridgehead atoms. The number of halogens is 3. The predicted octanol–water partition coefficient (Wildman–Crippen LogP) is 4.45. The molecular weight excluding hydrogens is 274 g/mol. The maximum atomic E-state index is 12.9. The molecule has 0 aliphatic heterocycles. The summed E-state index contributed by atoms with van der Waals surface area (Å²) >= 11 is 11.7. The summed E-state index contributed by atoms with van der Waals surface area (Å²) in [6.07, 6.45) is 0. The highest BCUT2D eigenvalue weighted by Gasteiger charge is 2.04. The van der Waals surface area contributed by atoms with Crippen LogP contribution in [-0.2, 0) is 6.54 Å². The third kappa shape index (κ3) is 3.12. The van der Waals surface area contributed by atoms with E-state index in [1.807, 2.05) is 13.0 Å². The lowest BCUT2D eigenvalue weighted by atomic mass is 10.2. The average Bonchev–Trinajstić information content (AvgIpc) is 2.30. The van der Waals surface area contributed by atoms with Crippen molar-refractivity contribution in [3.63, 3.8) is 0 Å². The maximum absolute atomic E-state index is 12.9. The van der Waals surface area contributed by atoms with E-state index in [4.69, 9.17) is 23.2 Å². The van der Waals surface area contributed by atoms with Crippen LogP contribution >= 0.6 is 23.2 Å². The van der Waals surface area contributed by atoms with Gasteiger partial charge in [-0.25, -0.2) is 9.37 Å². The highest BCUT2D eigenvalue weighted by Crippen LogP contribution is 2.20. The van der Waals surface area contributed by atoms with Crippen LogP contribution in [0.3, 0.4) is 0 Å². The topological polar surface area (TPSA) is 24.9 Å². The minimum atomic E-state index is -0.340. The van der Waals surface area contributed by atoms with Gasteiger partial charge < -0.3 is 5.32 Å². The molecule has 18 heavy (non-hydrogen) atoms. The van der Waals surface area contributed by atoms with Crippen molar-refractivity contribution in [1.29, 1.82) is 0 Å². The standard InChI is InChI=1S/C13H11Cl2FN2/c1-8-12(4-5-13(15)18-8)17-7-9-2-3-10(16)6-11(9)14/h2-6,17H,7H2,1H3. The van der Waals surface area contributed by atoms with E-state index in [2.05, 4.69) is 10.3 Å². The van der Waals surface area contributed by atoms with Crippen molar-refractivity contribution < 1.29 is 4.39 Å². The molecule has 2 nitrogen and oxygen atoms in total. The zero-order valence-electron chi connectivity index (χ0n) is 9.67. The second-order valence-corrected chi connectivity index (χ2v) is 4.65. The largest absolute Gasteiger partial charge is 0.379 e. The molecule has 0 amide bonds. The smallest absolute Gasteiger partial charge is 0.129 e. The number of rotatable bonds is 3. The lowest BCUT2D eigenvalue weighted by Crippen LogP contribution is -2.02. The first-order chi connectivity index (χ1) is 8.56. The summed E-state index contributed by atoms with van der Waals surface area (Å²) in [4.78, 5) is 4.13. The third-order valence-electron chi connectivity index (χ3n) is 2.54. The van der Waals surface area contributed by atoms with Crippen molar-refractivity contribution in [2.75, 3.05) is 5.32 Å². The van der Waals surface area contributed by atoms with E-state index < -0.39 is 0 Å². The Morgan fingerprint density at radius 3 is 2.67 bits per heavy atom. The number of nitrogens with zero attached hydrogens (tertiary/aromatic N) is 1. The molecule has 5 heteroatoms. The maximum Gasteiger partial charge on any atom is 0.129 e. The molecule has 0 atom stereocenters. The first-order valence-electron chi connectivity index (χ1n) is 5.37. The second-order valence-electron chi connectivity index (χ2n) is 3.86. The Balaban J connectivity index is 2.11. The monoisotopic (exact) mass is 284 g/mol. The molecule has 1 heterocycles. The van der Waals surface area contributed by atoms with Crippen LogP contribution in [0.1, 0.15) is 11.3 Å². The molecule has 0 fully saturated rings. The van der Waals surface area contributed by atoms with Crippen LogP contribution in [0.25, 0.3) is 0 Å². The number of aromatic nitrogens is 1. The fourth-order valence-electron chi connectivity index (χ4n) is 1.57. The molecule has 0 radical (unpaired) electrons. The Labute approximate surface area is 115 Å². The van der Waals surface area contributed by atoms with Crippen LogP contribution in [-0.4, -0.2) is 4.98 Å². The van der Waals surface area contributed by atoms with Crippen LogP contribution < -0.4 is 5.32 Å². The molecule has 0 aliphatic rings. The van der Waals surface area contributed by atoms with Crippen LogP contribution in [0, 0.1) is 12.7 Å². The fraction of sp³-hybridized carbons (Fsp3) is 0.154. The molecule has 1 N–H and O–H groups in total. The average molecular weight is 285 g/mol. The Morgan fingerprint density at radius 1 is 1.22 bits per heavy atom. The molecular formula is C13H11Cl2FN2. The minimum absolute atomic E-state index is 0.340. The highest BCUT2D eigenvalue weighted by atomic mass is 35.5. The van der Waals surface area contributed by atoms with Gasteiger partial charge >= 0.3 is 0 Å². The van der Waals surface area contributed by atoms with E-state index in [-0.39, 0.29) is 5.82 Å². The van der Waals surface area contributed by atoms with Gasteiger partial charge in [0, 0.05) is 11.6 Å². The Kier molecular flexibility index (Phi) is 4.04. The number of nitrogens with one attached hydrogen (secondary N) is 1. The van der Waals surface area contributed by atoms with Gasteiger partial charge in [-0.15, -0.1) is 0 Å². The molecule has 0 saturated heterocycles. The number of anilines is 1. The molecule has 1 aromatic carbocycles. The van der Waals surface area contributed by atoms with Gasteiger partial charge in [-0.2, -0.15) is 0 Å². The Hall–Kier alpha value is -1.32. The highest BCUT2D eigenvalue weighted by molar-refractivity contribution is 6.31. The molecule has 94 valence electrons. The minimum Gasteiger partial charge on any atom is -0.379 e. The van der Waals surface area contributed by atoms with Gasteiger partial charge in [-0.3, -0.25) is 0 Å². The predicted molar refractivity (Wildman–Crippen MR) is 72.7 cm³/mol. The normalized spacial score (nSPS) is 10.4. The Bertz CT molecular complexity index is 521. The molecule has 0 spiro atoms. The van der Waals surface area contributed by atoms with Gasteiger partial charge in [0.2, 0.25) is 0 Å². The van der Waals surface area contributed by atoms with E-state index in [1.165, 1.54) is 12.1 Å². The van der Waals surface area contributed by atoms with E-state index in [0.29, 0.717) is 16.7 Å². The summed E-state index contributed by atoms with van der Waals surface area (Å²) in [5.74, 6) is -0.340. The van der Waals surface area contributed by atoms with Gasteiger partial charge in [0.25, 0.3) is 0 Å². The fourth-order valence-corrected chi connectivity index (χ4v) is 2.00. The van der Waals surface area contributed by atoms with Crippen molar-refractivity contribution in [3.8, 4) is 0 Å². The summed E-state index contributed by atoms with van der Waals surface area (Å²) in [5, 5.41) is 4.05. The van der Waals surface area contributed by atoms with Crippen molar-refractivity contribution in [2.45, 2.75) is 13.5 Å². The van der Waals surface area contributed by atoms with E-state index in [0.717, 1.165) is 16.9 Å². The first-order valence-corrected chi connectivity index (χ1v) is 6.13. The Morgan fingerprint density at radius 2 is 2.00 bits per heavy atom. The molecule has 0 saturated carbocycles. The van der Waals surface area contributed by atoms with Crippen LogP contribution in [0.4, 0.5) is 10.1 Å². The lowest BCUT2D eigenvalue weighted by Gasteiger charge is -2.10. The van der Waals surface area contributed by atoms with Gasteiger partial charge in [0.05, 0.1) is 11.4 Å². The second kappa shape index (κ2) is 5.55. The third-order valence-corrected chi connectivity index (χ3v) is 3.10. The summed E-state index contributed by atoms with van der Waals surface area (Å²) in [7, 11) is 0. The number of hydrogen-bond donors (Lipinski definition) is 1. The van der Waals surface area contributed by atoms with Gasteiger partial charge in [0.15, 0.2) is 0 Å². The summed E-state index contributed by atoms with van der Waals surface area (Å²) in [6.45, 7) is 2.36. The zero-order valence-corrected chi connectivity index (χ0v) is 11.2. The molecule has 0 unspecified atom stereocenters. The molecule has 2 rings (SSSR count). The van der Waals surface area contributed by atoms with Gasteiger partial charge in [0.1, 0.15) is 11.0 Å². The quantitative estimate of drug-likeness (QED) is 0.843. The number of aryl methyl sites for hydroxylation is 1. The molecule has 2 aromatic rings. The van der Waals surface area contributed by atoms with Crippen molar-refractivity contribution in [1.82, 2.24) is 4.98 Å². The lowest BCUT2D eigenvalue weighted by molar-refractivity contribution is 0.627. The van der Waals surface area contributed by atoms with Crippen molar-refractivity contribution in [2.24, 2.45) is 0 Å². The van der Waals surface area contributed by atoms with E-state index in [1.54, 1.807) is 12.1 Å². The van der Waals surface area contributed by atoms with Crippen molar-refractivity contribution >= 4 is 28.9 Å². The number of benzene rings is 1. The van der Waals surface area contributed by atoms with Crippen LogP contribution in [0.15, 0.2) is 30.3 Å². The first kappa shape index (κ1) is 13.1. The van der Waals surface area contributed by atoms with E-state index >= 15 is 0 Å². The summed E-state index contributed by atoms with van der Waals surface area (Å²) in [6, 6.07) is 7.90. The number of hydrogen-bond acceptors (Lipinski definition) is 2. The number of pyridine rings is 1. The molecule has 1 aromatic heterocycles. The van der Waals surface area contributed by atoms with Gasteiger partial charge in [-0.05, 0) is 36.8 Å². The summed E-state index contributed by atoms with van der Waals surface area (Å²) < 4.78 is 12.9. The van der Waals surface area contributed by atoms with E-state index in [9.17, 15) is 4.39 Å². The van der Waals surface area contributed by atoms with Gasteiger partial charge in [-0.1, -0.05) is 29.3 Å². The SMILES string of the molecule is Cc1nc(Cl)ccc1NCc1ccc(F)cc1Cl. The molecule has 0 aliphatic carbocycles.